The van der Waals surface area contributed by atoms with Gasteiger partial charge in [0.15, 0.2) is 0 Å². The minimum Gasteiger partial charge on any atom is -0.313 e. The highest BCUT2D eigenvalue weighted by atomic mass is 15.3. The number of aryl methyl sites for hydroxylation is 1. The summed E-state index contributed by atoms with van der Waals surface area (Å²) < 4.78 is 2.34. The second-order valence-corrected chi connectivity index (χ2v) is 7.41. The fraction of sp³-hybridized carbons (Fsp3) is 0.867. The third-order valence-electron chi connectivity index (χ3n) is 4.56. The van der Waals surface area contributed by atoms with Crippen LogP contribution < -0.4 is 5.32 Å². The number of nitrogens with zero attached hydrogens (tertiary/aromatic N) is 3. The fourth-order valence-corrected chi connectivity index (χ4v) is 3.64. The van der Waals surface area contributed by atoms with Crippen molar-refractivity contribution in [1.82, 2.24) is 20.1 Å². The highest BCUT2D eigenvalue weighted by Crippen LogP contribution is 2.40. The van der Waals surface area contributed by atoms with Gasteiger partial charge >= 0.3 is 0 Å². The summed E-state index contributed by atoms with van der Waals surface area (Å²) in [7, 11) is 0. The van der Waals surface area contributed by atoms with Crippen LogP contribution in [0, 0.1) is 5.41 Å². The molecule has 0 saturated heterocycles. The fourth-order valence-electron chi connectivity index (χ4n) is 3.64. The van der Waals surface area contributed by atoms with Crippen LogP contribution in [0.2, 0.25) is 0 Å². The van der Waals surface area contributed by atoms with E-state index in [4.69, 9.17) is 0 Å². The molecule has 1 aliphatic heterocycles. The molecular formula is C15H26N4. The van der Waals surface area contributed by atoms with Crippen LogP contribution in [0.25, 0.3) is 0 Å². The Morgan fingerprint density at radius 3 is 2.58 bits per heavy atom. The number of rotatable bonds is 3. The van der Waals surface area contributed by atoms with Gasteiger partial charge in [-0.15, -0.1) is 10.2 Å². The van der Waals surface area contributed by atoms with Gasteiger partial charge in [-0.25, -0.2) is 0 Å². The largest absolute Gasteiger partial charge is 0.313 e. The van der Waals surface area contributed by atoms with E-state index in [1.165, 1.54) is 25.1 Å². The third kappa shape index (κ3) is 2.55. The lowest BCUT2D eigenvalue weighted by atomic mass is 9.68. The molecule has 0 radical (unpaired) electrons. The predicted octanol–water partition coefficient (Wildman–Crippen LogP) is 2.49. The van der Waals surface area contributed by atoms with Crippen LogP contribution in [-0.4, -0.2) is 26.8 Å². The molecule has 1 N–H and O–H groups in total. The first kappa shape index (κ1) is 13.1. The van der Waals surface area contributed by atoms with E-state index >= 15 is 0 Å². The van der Waals surface area contributed by atoms with Gasteiger partial charge in [0, 0.05) is 31.0 Å². The normalized spacial score (nSPS) is 26.3. The Morgan fingerprint density at radius 2 is 1.95 bits per heavy atom. The minimum atomic E-state index is 0.461. The van der Waals surface area contributed by atoms with Crippen molar-refractivity contribution in [2.24, 2.45) is 5.41 Å². The molecule has 106 valence electrons. The highest BCUT2D eigenvalue weighted by molar-refractivity contribution is 5.05. The number of fused-ring (bicyclic) bond motifs is 1. The first-order chi connectivity index (χ1) is 8.94. The Morgan fingerprint density at radius 1 is 1.21 bits per heavy atom. The zero-order valence-electron chi connectivity index (χ0n) is 12.6. The van der Waals surface area contributed by atoms with Gasteiger partial charge in [-0.3, -0.25) is 0 Å². The lowest BCUT2D eigenvalue weighted by molar-refractivity contribution is 0.110. The summed E-state index contributed by atoms with van der Waals surface area (Å²) in [5, 5.41) is 12.5. The average molecular weight is 262 g/mol. The maximum absolute atomic E-state index is 4.35. The molecule has 4 heteroatoms. The SMILES string of the molecule is CC(C)c1nnc2n1CC(NC1CC(C)(C)C1)CC2. The Labute approximate surface area is 116 Å². The Kier molecular flexibility index (Phi) is 3.16. The van der Waals surface area contributed by atoms with Gasteiger partial charge in [-0.1, -0.05) is 27.7 Å². The smallest absolute Gasteiger partial charge is 0.135 e. The van der Waals surface area contributed by atoms with Crippen molar-refractivity contribution in [1.29, 1.82) is 0 Å². The van der Waals surface area contributed by atoms with Crippen LogP contribution in [0.3, 0.4) is 0 Å². The highest BCUT2D eigenvalue weighted by Gasteiger charge is 2.37. The molecule has 1 aromatic rings. The molecule has 0 bridgehead atoms. The zero-order valence-corrected chi connectivity index (χ0v) is 12.6. The quantitative estimate of drug-likeness (QED) is 0.910. The van der Waals surface area contributed by atoms with Gasteiger partial charge < -0.3 is 9.88 Å². The van der Waals surface area contributed by atoms with Gasteiger partial charge in [0.25, 0.3) is 0 Å². The van der Waals surface area contributed by atoms with Crippen LogP contribution in [0.15, 0.2) is 0 Å². The summed E-state index contributed by atoms with van der Waals surface area (Å²) >= 11 is 0. The van der Waals surface area contributed by atoms with Crippen molar-refractivity contribution in [2.75, 3.05) is 0 Å². The standard InChI is InChI=1S/C15H26N4/c1-10(2)14-18-17-13-6-5-11(9-19(13)14)16-12-7-15(3,4)8-12/h10-12,16H,5-9H2,1-4H3. The van der Waals surface area contributed by atoms with E-state index in [-0.39, 0.29) is 0 Å². The zero-order chi connectivity index (χ0) is 13.6. The van der Waals surface area contributed by atoms with Gasteiger partial charge in [0.05, 0.1) is 0 Å². The summed E-state index contributed by atoms with van der Waals surface area (Å²) in [6, 6.07) is 1.32. The van der Waals surface area contributed by atoms with Gasteiger partial charge in [-0.05, 0) is 24.7 Å². The van der Waals surface area contributed by atoms with Crippen molar-refractivity contribution < 1.29 is 0 Å². The van der Waals surface area contributed by atoms with E-state index in [0.29, 0.717) is 17.4 Å². The van der Waals surface area contributed by atoms with E-state index < -0.39 is 0 Å². The Balaban J connectivity index is 1.63. The molecular weight excluding hydrogens is 236 g/mol. The van der Waals surface area contributed by atoms with Crippen LogP contribution in [0.5, 0.6) is 0 Å². The lowest BCUT2D eigenvalue weighted by Crippen LogP contribution is -2.52. The number of hydrogen-bond donors (Lipinski definition) is 1. The molecule has 0 aromatic carbocycles. The Hall–Kier alpha value is -0.900. The molecule has 1 unspecified atom stereocenters. The van der Waals surface area contributed by atoms with Crippen molar-refractivity contribution in [3.8, 4) is 0 Å². The van der Waals surface area contributed by atoms with Crippen LogP contribution >= 0.6 is 0 Å². The summed E-state index contributed by atoms with van der Waals surface area (Å²) in [6.07, 6.45) is 4.89. The van der Waals surface area contributed by atoms with Crippen LogP contribution in [0.1, 0.15) is 64.5 Å². The molecule has 4 nitrogen and oxygen atoms in total. The molecule has 3 rings (SSSR count). The monoisotopic (exact) mass is 262 g/mol. The average Bonchev–Trinajstić information content (AvgIpc) is 2.69. The maximum Gasteiger partial charge on any atom is 0.135 e. The molecule has 1 aliphatic carbocycles. The third-order valence-corrected chi connectivity index (χ3v) is 4.56. The second-order valence-electron chi connectivity index (χ2n) is 7.41. The molecule has 1 saturated carbocycles. The van der Waals surface area contributed by atoms with Crippen molar-refractivity contribution in [2.45, 2.75) is 77.9 Å². The Bertz CT molecular complexity index is 453. The maximum atomic E-state index is 4.35. The van der Waals surface area contributed by atoms with E-state index in [1.807, 2.05) is 0 Å². The van der Waals surface area contributed by atoms with Gasteiger partial charge in [0.1, 0.15) is 11.6 Å². The van der Waals surface area contributed by atoms with Crippen molar-refractivity contribution in [3.05, 3.63) is 11.6 Å². The van der Waals surface area contributed by atoms with E-state index in [0.717, 1.165) is 24.8 Å². The minimum absolute atomic E-state index is 0.461. The van der Waals surface area contributed by atoms with Gasteiger partial charge in [-0.2, -0.15) is 0 Å². The van der Waals surface area contributed by atoms with E-state index in [2.05, 4.69) is 47.8 Å². The summed E-state index contributed by atoms with van der Waals surface area (Å²) in [5.74, 6) is 2.79. The molecule has 1 aromatic heterocycles. The predicted molar refractivity (Wildman–Crippen MR) is 76.2 cm³/mol. The second kappa shape index (κ2) is 4.58. The molecule has 0 amide bonds. The first-order valence-electron chi connectivity index (χ1n) is 7.63. The molecule has 0 spiro atoms. The number of hydrogen-bond acceptors (Lipinski definition) is 3. The van der Waals surface area contributed by atoms with Crippen LogP contribution in [-0.2, 0) is 13.0 Å². The first-order valence-corrected chi connectivity index (χ1v) is 7.63. The van der Waals surface area contributed by atoms with E-state index in [9.17, 15) is 0 Å². The van der Waals surface area contributed by atoms with Crippen molar-refractivity contribution >= 4 is 0 Å². The topological polar surface area (TPSA) is 42.7 Å². The molecule has 2 heterocycles. The molecule has 1 fully saturated rings. The number of nitrogens with one attached hydrogen (secondary N) is 1. The summed E-state index contributed by atoms with van der Waals surface area (Å²) in [6.45, 7) is 10.2. The molecule has 1 atom stereocenters. The number of aromatic nitrogens is 3. The summed E-state index contributed by atoms with van der Waals surface area (Å²) in [4.78, 5) is 0. The summed E-state index contributed by atoms with van der Waals surface area (Å²) in [5.41, 5.74) is 0.553. The molecule has 19 heavy (non-hydrogen) atoms. The van der Waals surface area contributed by atoms with Gasteiger partial charge in [0.2, 0.25) is 0 Å². The van der Waals surface area contributed by atoms with Crippen molar-refractivity contribution in [3.63, 3.8) is 0 Å². The van der Waals surface area contributed by atoms with E-state index in [1.54, 1.807) is 0 Å². The lowest BCUT2D eigenvalue weighted by Gasteiger charge is -2.45. The molecule has 2 aliphatic rings. The van der Waals surface area contributed by atoms with Crippen LogP contribution in [0.4, 0.5) is 0 Å².